The first-order valence-electron chi connectivity index (χ1n) is 6.53. The summed E-state index contributed by atoms with van der Waals surface area (Å²) in [5.74, 6) is 3.58. The van der Waals surface area contributed by atoms with Crippen LogP contribution in [-0.2, 0) is 4.79 Å². The summed E-state index contributed by atoms with van der Waals surface area (Å²) in [7, 11) is 0. The lowest BCUT2D eigenvalue weighted by Crippen LogP contribution is -2.41. The maximum atomic E-state index is 12.2. The van der Waals surface area contributed by atoms with Crippen molar-refractivity contribution >= 4 is 5.91 Å². The number of amides is 1. The molecule has 2 unspecified atom stereocenters. The molecule has 1 saturated heterocycles. The topological polar surface area (TPSA) is 20.3 Å². The quantitative estimate of drug-likeness (QED) is 0.646. The lowest BCUT2D eigenvalue weighted by Gasteiger charge is -2.32. The molecule has 0 aromatic carbocycles. The molecule has 1 amide bonds. The highest BCUT2D eigenvalue weighted by Crippen LogP contribution is 2.54. The van der Waals surface area contributed by atoms with Gasteiger partial charge in [-0.25, -0.2) is 0 Å². The van der Waals surface area contributed by atoms with E-state index in [-0.39, 0.29) is 0 Å². The van der Waals surface area contributed by atoms with Gasteiger partial charge in [0.05, 0.1) is 0 Å². The minimum Gasteiger partial charge on any atom is -0.342 e. The first kappa shape index (κ1) is 9.68. The zero-order valence-electron chi connectivity index (χ0n) is 9.61. The zero-order chi connectivity index (χ0) is 10.4. The number of hydrogen-bond donors (Lipinski definition) is 0. The normalized spacial score (nSPS) is 40.3. The Hall–Kier alpha value is -0.530. The van der Waals surface area contributed by atoms with Crippen LogP contribution in [0, 0.1) is 23.7 Å². The van der Waals surface area contributed by atoms with Crippen LogP contribution in [0.15, 0.2) is 0 Å². The van der Waals surface area contributed by atoms with Crippen molar-refractivity contribution in [3.63, 3.8) is 0 Å². The van der Waals surface area contributed by atoms with Gasteiger partial charge in [-0.15, -0.1) is 0 Å². The van der Waals surface area contributed by atoms with Gasteiger partial charge in [-0.1, -0.05) is 6.92 Å². The van der Waals surface area contributed by atoms with E-state index in [1.165, 1.54) is 32.1 Å². The van der Waals surface area contributed by atoms with E-state index in [2.05, 4.69) is 11.8 Å². The van der Waals surface area contributed by atoms with Crippen LogP contribution < -0.4 is 0 Å². The van der Waals surface area contributed by atoms with E-state index < -0.39 is 0 Å². The number of carbonyl (C=O) groups is 1. The van der Waals surface area contributed by atoms with E-state index in [1.807, 2.05) is 0 Å². The molecule has 0 spiro atoms. The third-order valence-electron chi connectivity index (χ3n) is 4.69. The van der Waals surface area contributed by atoms with Crippen LogP contribution in [0.5, 0.6) is 0 Å². The average Bonchev–Trinajstić information content (AvgIpc) is 2.86. The monoisotopic (exact) mass is 207 g/mol. The van der Waals surface area contributed by atoms with E-state index >= 15 is 0 Å². The number of rotatable bonds is 1. The van der Waals surface area contributed by atoms with E-state index in [9.17, 15) is 4.79 Å². The Balaban J connectivity index is 1.55. The molecule has 15 heavy (non-hydrogen) atoms. The Kier molecular flexibility index (Phi) is 2.26. The number of likely N-dealkylation sites (tertiary alicyclic amines) is 1. The summed E-state index contributed by atoms with van der Waals surface area (Å²) in [6.45, 7) is 4.34. The van der Waals surface area contributed by atoms with Gasteiger partial charge in [0.1, 0.15) is 0 Å². The highest BCUT2D eigenvalue weighted by molar-refractivity contribution is 5.79. The fourth-order valence-corrected chi connectivity index (χ4v) is 3.40. The molecule has 0 radical (unpaired) electrons. The number of carbonyl (C=O) groups excluding carboxylic acids is 1. The van der Waals surface area contributed by atoms with Crippen molar-refractivity contribution in [1.29, 1.82) is 0 Å². The minimum absolute atomic E-state index is 0.405. The van der Waals surface area contributed by atoms with Gasteiger partial charge in [0, 0.05) is 19.0 Å². The predicted octanol–water partition coefficient (Wildman–Crippen LogP) is 2.29. The molecule has 1 heterocycles. The van der Waals surface area contributed by atoms with Crippen molar-refractivity contribution in [2.45, 2.75) is 39.0 Å². The van der Waals surface area contributed by atoms with Crippen LogP contribution in [0.2, 0.25) is 0 Å². The standard InChI is InChI=1S/C13H21NO/c1-9-2-4-14(5-3-9)13(15)12-7-10-6-11(10)8-12/h9-12H,2-8H2,1H3. The van der Waals surface area contributed by atoms with Gasteiger partial charge < -0.3 is 4.90 Å². The van der Waals surface area contributed by atoms with Crippen molar-refractivity contribution in [3.05, 3.63) is 0 Å². The first-order chi connectivity index (χ1) is 7.24. The van der Waals surface area contributed by atoms with Gasteiger partial charge in [0.15, 0.2) is 0 Å². The van der Waals surface area contributed by atoms with Crippen LogP contribution in [0.3, 0.4) is 0 Å². The summed E-state index contributed by atoms with van der Waals surface area (Å²) < 4.78 is 0. The smallest absolute Gasteiger partial charge is 0.225 e. The summed E-state index contributed by atoms with van der Waals surface area (Å²) in [6, 6.07) is 0. The average molecular weight is 207 g/mol. The molecule has 1 aliphatic heterocycles. The maximum absolute atomic E-state index is 12.2. The Bertz CT molecular complexity index is 258. The molecular weight excluding hydrogens is 186 g/mol. The number of piperidine rings is 1. The third kappa shape index (κ3) is 1.79. The molecule has 0 aromatic rings. The van der Waals surface area contributed by atoms with Gasteiger partial charge in [-0.05, 0) is 49.9 Å². The van der Waals surface area contributed by atoms with Gasteiger partial charge >= 0.3 is 0 Å². The highest BCUT2D eigenvalue weighted by Gasteiger charge is 2.48. The summed E-state index contributed by atoms with van der Waals surface area (Å²) in [5.41, 5.74) is 0. The first-order valence-corrected chi connectivity index (χ1v) is 6.53. The van der Waals surface area contributed by atoms with Crippen molar-refractivity contribution in [2.24, 2.45) is 23.7 Å². The molecule has 84 valence electrons. The molecule has 0 N–H and O–H groups in total. The minimum atomic E-state index is 0.405. The molecule has 0 aromatic heterocycles. The Labute approximate surface area is 92.0 Å². The largest absolute Gasteiger partial charge is 0.342 e. The lowest BCUT2D eigenvalue weighted by atomic mass is 9.96. The second-order valence-corrected chi connectivity index (χ2v) is 5.93. The van der Waals surface area contributed by atoms with Crippen LogP contribution >= 0.6 is 0 Å². The third-order valence-corrected chi connectivity index (χ3v) is 4.69. The van der Waals surface area contributed by atoms with Crippen LogP contribution in [0.25, 0.3) is 0 Å². The Morgan fingerprint density at radius 2 is 1.67 bits per heavy atom. The number of hydrogen-bond acceptors (Lipinski definition) is 1. The fourth-order valence-electron chi connectivity index (χ4n) is 3.40. The maximum Gasteiger partial charge on any atom is 0.225 e. The molecule has 2 saturated carbocycles. The molecule has 2 atom stereocenters. The molecule has 3 fully saturated rings. The van der Waals surface area contributed by atoms with Crippen LogP contribution in [0.1, 0.15) is 39.0 Å². The van der Waals surface area contributed by atoms with E-state index in [0.717, 1.165) is 30.8 Å². The molecule has 3 rings (SSSR count). The summed E-state index contributed by atoms with van der Waals surface area (Å²) in [6.07, 6.45) is 6.25. The van der Waals surface area contributed by atoms with Gasteiger partial charge in [0.25, 0.3) is 0 Å². The van der Waals surface area contributed by atoms with Gasteiger partial charge in [-0.3, -0.25) is 4.79 Å². The van der Waals surface area contributed by atoms with E-state index in [1.54, 1.807) is 0 Å². The second kappa shape index (κ2) is 3.50. The van der Waals surface area contributed by atoms with Crippen molar-refractivity contribution in [1.82, 2.24) is 4.90 Å². The van der Waals surface area contributed by atoms with Gasteiger partial charge in [-0.2, -0.15) is 0 Å². The summed E-state index contributed by atoms with van der Waals surface area (Å²) in [4.78, 5) is 14.3. The molecule has 2 nitrogen and oxygen atoms in total. The van der Waals surface area contributed by atoms with Crippen molar-refractivity contribution in [3.8, 4) is 0 Å². The highest BCUT2D eigenvalue weighted by atomic mass is 16.2. The molecule has 3 aliphatic rings. The summed E-state index contributed by atoms with van der Waals surface area (Å²) in [5, 5.41) is 0. The Morgan fingerprint density at radius 1 is 1.07 bits per heavy atom. The van der Waals surface area contributed by atoms with Crippen LogP contribution in [-0.4, -0.2) is 23.9 Å². The predicted molar refractivity (Wildman–Crippen MR) is 59.3 cm³/mol. The number of nitrogens with zero attached hydrogens (tertiary/aromatic N) is 1. The molecule has 2 aliphatic carbocycles. The Morgan fingerprint density at radius 3 is 2.27 bits per heavy atom. The van der Waals surface area contributed by atoms with E-state index in [4.69, 9.17) is 0 Å². The SMILES string of the molecule is CC1CCN(C(=O)C2CC3CC3C2)CC1. The molecular formula is C13H21NO. The molecule has 2 heteroatoms. The van der Waals surface area contributed by atoms with Crippen LogP contribution in [0.4, 0.5) is 0 Å². The van der Waals surface area contributed by atoms with Crippen molar-refractivity contribution in [2.75, 3.05) is 13.1 Å². The lowest BCUT2D eigenvalue weighted by molar-refractivity contribution is -0.137. The van der Waals surface area contributed by atoms with E-state index in [0.29, 0.717) is 11.8 Å². The van der Waals surface area contributed by atoms with Gasteiger partial charge in [0.2, 0.25) is 5.91 Å². The second-order valence-electron chi connectivity index (χ2n) is 5.93. The summed E-state index contributed by atoms with van der Waals surface area (Å²) >= 11 is 0. The zero-order valence-corrected chi connectivity index (χ0v) is 9.61. The fraction of sp³-hybridized carbons (Fsp3) is 0.923. The molecule has 0 bridgehead atoms. The number of fused-ring (bicyclic) bond motifs is 1. The van der Waals surface area contributed by atoms with Crippen molar-refractivity contribution < 1.29 is 4.79 Å².